The summed E-state index contributed by atoms with van der Waals surface area (Å²) in [5.74, 6) is 0.0470. The Balaban J connectivity index is 1.84. The molecule has 0 aliphatic rings. The van der Waals surface area contributed by atoms with Crippen LogP contribution in [0.5, 0.6) is 0 Å². The number of esters is 1. The van der Waals surface area contributed by atoms with Crippen molar-refractivity contribution in [3.63, 3.8) is 0 Å². The normalized spacial score (nSPS) is 11.6. The summed E-state index contributed by atoms with van der Waals surface area (Å²) < 4.78 is 7.09. The summed E-state index contributed by atoms with van der Waals surface area (Å²) in [6.45, 7) is 12.8. The molecule has 37 heavy (non-hydrogen) atoms. The lowest BCUT2D eigenvalue weighted by Gasteiger charge is -2.25. The topological polar surface area (TPSA) is 51.5 Å². The minimum atomic E-state index is -0.555. The molecule has 1 aromatic heterocycles. The van der Waals surface area contributed by atoms with Gasteiger partial charge in [0, 0.05) is 19.3 Å². The molecular weight excluding hydrogens is 507 g/mol. The number of anilines is 1. The molecule has 5 nitrogen and oxygen atoms in total. The molecule has 0 atom stereocenters. The highest BCUT2D eigenvalue weighted by molar-refractivity contribution is 6.34. The van der Waals surface area contributed by atoms with Gasteiger partial charge in [-0.25, -0.2) is 4.79 Å². The molecule has 0 fully saturated rings. The molecule has 198 valence electrons. The summed E-state index contributed by atoms with van der Waals surface area (Å²) >= 11 is 12.9. The number of pyridine rings is 1. The van der Waals surface area contributed by atoms with E-state index < -0.39 is 5.60 Å². The van der Waals surface area contributed by atoms with Gasteiger partial charge < -0.3 is 14.2 Å². The van der Waals surface area contributed by atoms with Gasteiger partial charge in [-0.1, -0.05) is 61.3 Å². The standard InChI is InChI=1S/C30H36Cl2N2O3/c1-19(2)23-11-8-20(3)26(16-23)33(7)18-27-24(31)17-25(32)28(35)34(27)15-14-21-9-12-22(13-10-21)29(36)37-30(4,5)6/h8-13,16-17,19H,14-15,18H2,1-7H3. The minimum absolute atomic E-state index is 0.0923. The van der Waals surface area contributed by atoms with Gasteiger partial charge in [-0.05, 0) is 81.0 Å². The Morgan fingerprint density at radius 3 is 2.27 bits per heavy atom. The molecule has 0 aliphatic carbocycles. The van der Waals surface area contributed by atoms with Crippen LogP contribution in [0, 0.1) is 6.92 Å². The molecule has 2 aromatic carbocycles. The maximum Gasteiger partial charge on any atom is 0.338 e. The van der Waals surface area contributed by atoms with Crippen molar-refractivity contribution in [2.75, 3.05) is 11.9 Å². The van der Waals surface area contributed by atoms with Crippen molar-refractivity contribution >= 4 is 34.9 Å². The van der Waals surface area contributed by atoms with E-state index in [1.165, 1.54) is 11.6 Å². The number of rotatable bonds is 8. The van der Waals surface area contributed by atoms with Gasteiger partial charge in [0.2, 0.25) is 0 Å². The first kappa shape index (κ1) is 28.8. The largest absolute Gasteiger partial charge is 0.456 e. The van der Waals surface area contributed by atoms with Crippen molar-refractivity contribution in [3.05, 3.63) is 96.9 Å². The van der Waals surface area contributed by atoms with E-state index in [0.717, 1.165) is 16.8 Å². The summed E-state index contributed by atoms with van der Waals surface area (Å²) in [5, 5.41) is 0.545. The predicted molar refractivity (Wildman–Crippen MR) is 153 cm³/mol. The van der Waals surface area contributed by atoms with Gasteiger partial charge in [-0.3, -0.25) is 4.79 Å². The van der Waals surface area contributed by atoms with Crippen LogP contribution in [0.25, 0.3) is 0 Å². The lowest BCUT2D eigenvalue weighted by Crippen LogP contribution is -2.29. The van der Waals surface area contributed by atoms with E-state index in [1.54, 1.807) is 16.7 Å². The first-order valence-electron chi connectivity index (χ1n) is 12.5. The maximum atomic E-state index is 13.1. The second-order valence-electron chi connectivity index (χ2n) is 10.7. The van der Waals surface area contributed by atoms with E-state index >= 15 is 0 Å². The fourth-order valence-corrected chi connectivity index (χ4v) is 4.66. The van der Waals surface area contributed by atoms with Gasteiger partial charge in [-0.2, -0.15) is 0 Å². The van der Waals surface area contributed by atoms with Gasteiger partial charge in [0.25, 0.3) is 5.56 Å². The zero-order valence-corrected chi connectivity index (χ0v) is 24.2. The first-order chi connectivity index (χ1) is 17.3. The van der Waals surface area contributed by atoms with E-state index in [0.29, 0.717) is 41.7 Å². The monoisotopic (exact) mass is 542 g/mol. The highest BCUT2D eigenvalue weighted by Gasteiger charge is 2.19. The van der Waals surface area contributed by atoms with Crippen molar-refractivity contribution in [1.29, 1.82) is 0 Å². The zero-order valence-electron chi connectivity index (χ0n) is 22.7. The summed E-state index contributed by atoms with van der Waals surface area (Å²) in [7, 11) is 2.00. The molecule has 7 heteroatoms. The number of carbonyl (C=O) groups excluding carboxylic acids is 1. The number of hydrogen-bond donors (Lipinski definition) is 0. The summed E-state index contributed by atoms with van der Waals surface area (Å²) in [6.07, 6.45) is 0.573. The number of benzene rings is 2. The van der Waals surface area contributed by atoms with Crippen molar-refractivity contribution in [1.82, 2.24) is 4.57 Å². The molecule has 3 rings (SSSR count). The molecule has 3 aromatic rings. The van der Waals surface area contributed by atoms with Crippen LogP contribution in [0.1, 0.15) is 73.3 Å². The van der Waals surface area contributed by atoms with Crippen LogP contribution >= 0.6 is 23.2 Å². The molecule has 1 heterocycles. The number of halogens is 2. The number of aryl methyl sites for hydroxylation is 2. The fraction of sp³-hybridized carbons (Fsp3) is 0.400. The van der Waals surface area contributed by atoms with Gasteiger partial charge in [0.1, 0.15) is 10.6 Å². The molecule has 0 saturated heterocycles. The highest BCUT2D eigenvalue weighted by Crippen LogP contribution is 2.28. The van der Waals surface area contributed by atoms with E-state index in [2.05, 4.69) is 43.9 Å². The van der Waals surface area contributed by atoms with Crippen LogP contribution in [-0.4, -0.2) is 23.2 Å². The first-order valence-corrected chi connectivity index (χ1v) is 13.2. The Kier molecular flexibility index (Phi) is 9.14. The van der Waals surface area contributed by atoms with Crippen molar-refractivity contribution < 1.29 is 9.53 Å². The molecule has 0 bridgehead atoms. The van der Waals surface area contributed by atoms with E-state index in [9.17, 15) is 9.59 Å². The van der Waals surface area contributed by atoms with Gasteiger partial charge in [0.05, 0.1) is 22.8 Å². The molecule has 0 radical (unpaired) electrons. The Hall–Kier alpha value is -2.76. The summed E-state index contributed by atoms with van der Waals surface area (Å²) in [6, 6.07) is 15.2. The van der Waals surface area contributed by atoms with Crippen molar-refractivity contribution in [2.45, 2.75) is 72.6 Å². The van der Waals surface area contributed by atoms with Crippen LogP contribution in [0.4, 0.5) is 5.69 Å². The number of ether oxygens (including phenoxy) is 1. The lowest BCUT2D eigenvalue weighted by molar-refractivity contribution is 0.00695. The van der Waals surface area contributed by atoms with E-state index in [4.69, 9.17) is 27.9 Å². The average Bonchev–Trinajstić information content (AvgIpc) is 2.81. The maximum absolute atomic E-state index is 13.1. The van der Waals surface area contributed by atoms with Crippen LogP contribution in [-0.2, 0) is 24.2 Å². The van der Waals surface area contributed by atoms with Crippen LogP contribution < -0.4 is 10.5 Å². The highest BCUT2D eigenvalue weighted by atomic mass is 35.5. The quantitative estimate of drug-likeness (QED) is 0.278. The Morgan fingerprint density at radius 1 is 1.03 bits per heavy atom. The average molecular weight is 544 g/mol. The molecule has 0 unspecified atom stereocenters. The van der Waals surface area contributed by atoms with Gasteiger partial charge in [-0.15, -0.1) is 0 Å². The van der Waals surface area contributed by atoms with Crippen LogP contribution in [0.3, 0.4) is 0 Å². The smallest absolute Gasteiger partial charge is 0.338 e. The molecule has 0 aliphatic heterocycles. The van der Waals surface area contributed by atoms with Crippen LogP contribution in [0.15, 0.2) is 53.3 Å². The van der Waals surface area contributed by atoms with Crippen LogP contribution in [0.2, 0.25) is 10.0 Å². The molecule has 0 N–H and O–H groups in total. The molecule has 0 saturated carbocycles. The van der Waals surface area contributed by atoms with Gasteiger partial charge >= 0.3 is 5.97 Å². The SMILES string of the molecule is Cc1ccc(C(C)C)cc1N(C)Cc1c(Cl)cc(Cl)c(=O)n1CCc1ccc(C(=O)OC(C)(C)C)cc1. The second kappa shape index (κ2) is 11.7. The zero-order chi connectivity index (χ0) is 27.5. The predicted octanol–water partition coefficient (Wildman–Crippen LogP) is 7.42. The second-order valence-corrected chi connectivity index (χ2v) is 11.6. The lowest BCUT2D eigenvalue weighted by atomic mass is 10.00. The summed E-state index contributed by atoms with van der Waals surface area (Å²) in [5.41, 5.74) is 4.84. The third-order valence-electron chi connectivity index (χ3n) is 6.22. The molecule has 0 spiro atoms. The Morgan fingerprint density at radius 2 is 1.68 bits per heavy atom. The third-order valence-corrected chi connectivity index (χ3v) is 6.81. The third kappa shape index (κ3) is 7.39. The number of aromatic nitrogens is 1. The van der Waals surface area contributed by atoms with E-state index in [-0.39, 0.29) is 16.6 Å². The Labute approximate surface area is 230 Å². The van der Waals surface area contributed by atoms with Gasteiger partial charge in [0.15, 0.2) is 0 Å². The molecule has 0 amide bonds. The minimum Gasteiger partial charge on any atom is -0.456 e. The summed E-state index contributed by atoms with van der Waals surface area (Å²) in [4.78, 5) is 27.5. The Bertz CT molecular complexity index is 1320. The van der Waals surface area contributed by atoms with E-state index in [1.807, 2.05) is 40.0 Å². The number of nitrogens with zero attached hydrogens (tertiary/aromatic N) is 2. The number of hydrogen-bond acceptors (Lipinski definition) is 4. The van der Waals surface area contributed by atoms with Crippen molar-refractivity contribution in [3.8, 4) is 0 Å². The molecular formula is C30H36Cl2N2O3. The van der Waals surface area contributed by atoms with Crippen molar-refractivity contribution in [2.24, 2.45) is 0 Å². The number of carbonyl (C=O) groups is 1. The fourth-order valence-electron chi connectivity index (χ4n) is 4.13.